The molecule has 0 heterocycles. The minimum Gasteiger partial charge on any atom is -0.505 e. The summed E-state index contributed by atoms with van der Waals surface area (Å²) in [6, 6.07) is 16.7. The molecular formula is C23H26O3S. The van der Waals surface area contributed by atoms with Crippen LogP contribution < -0.4 is 9.47 Å². The summed E-state index contributed by atoms with van der Waals surface area (Å²) in [6.07, 6.45) is 10.6. The van der Waals surface area contributed by atoms with Crippen LogP contribution in [0.2, 0.25) is 0 Å². The van der Waals surface area contributed by atoms with E-state index >= 15 is 0 Å². The van der Waals surface area contributed by atoms with Gasteiger partial charge in [-0.15, -0.1) is 11.8 Å². The van der Waals surface area contributed by atoms with Gasteiger partial charge < -0.3 is 14.2 Å². The first kappa shape index (κ1) is 19.4. The highest BCUT2D eigenvalue weighted by molar-refractivity contribution is 8.00. The molecule has 0 unspecified atom stereocenters. The van der Waals surface area contributed by atoms with E-state index in [0.717, 1.165) is 24.3 Å². The minimum atomic E-state index is -0.190. The van der Waals surface area contributed by atoms with Crippen LogP contribution in [0.1, 0.15) is 18.4 Å². The van der Waals surface area contributed by atoms with Gasteiger partial charge in [0.05, 0.1) is 27.6 Å². The van der Waals surface area contributed by atoms with Gasteiger partial charge in [0.1, 0.15) is 0 Å². The van der Waals surface area contributed by atoms with Crippen molar-refractivity contribution in [2.45, 2.75) is 28.4 Å². The molecule has 4 heteroatoms. The fourth-order valence-corrected chi connectivity index (χ4v) is 4.88. The Morgan fingerprint density at radius 2 is 1.78 bits per heavy atom. The first-order valence-corrected chi connectivity index (χ1v) is 9.93. The van der Waals surface area contributed by atoms with E-state index < -0.39 is 0 Å². The molecular weight excluding hydrogens is 356 g/mol. The number of rotatable bonds is 7. The number of allylic oxidation sites excluding steroid dienone is 2. The molecule has 0 N–H and O–H groups in total. The Bertz CT molecular complexity index is 801. The molecule has 0 radical (unpaired) electrons. The van der Waals surface area contributed by atoms with Crippen LogP contribution in [0, 0.1) is 0 Å². The van der Waals surface area contributed by atoms with Gasteiger partial charge in [-0.1, -0.05) is 36.4 Å². The third kappa shape index (κ3) is 4.16. The van der Waals surface area contributed by atoms with Crippen LogP contribution in [0.15, 0.2) is 77.9 Å². The highest BCUT2D eigenvalue weighted by Gasteiger charge is 2.39. The fraction of sp³-hybridized carbons (Fsp3) is 0.304. The van der Waals surface area contributed by atoms with E-state index in [1.54, 1.807) is 27.6 Å². The van der Waals surface area contributed by atoms with Crippen molar-refractivity contribution in [3.63, 3.8) is 0 Å². The number of hydrogen-bond acceptors (Lipinski definition) is 4. The summed E-state index contributed by atoms with van der Waals surface area (Å²) in [4.78, 5) is 1.25. The average Bonchev–Trinajstić information content (AvgIpc) is 2.73. The Hall–Kier alpha value is -2.33. The van der Waals surface area contributed by atoms with Crippen molar-refractivity contribution in [3.8, 4) is 11.5 Å². The summed E-state index contributed by atoms with van der Waals surface area (Å²) in [7, 11) is 5.03. The Balaban J connectivity index is 2.07. The van der Waals surface area contributed by atoms with E-state index in [-0.39, 0.29) is 10.7 Å². The molecule has 2 aromatic rings. The Morgan fingerprint density at radius 3 is 2.48 bits per heavy atom. The number of benzene rings is 2. The minimum absolute atomic E-state index is 0.190. The number of methoxy groups -OCH3 is 3. The lowest BCUT2D eigenvalue weighted by Crippen LogP contribution is -2.36. The normalized spacial score (nSPS) is 22.0. The monoisotopic (exact) mass is 382 g/mol. The molecule has 0 bridgehead atoms. The maximum atomic E-state index is 5.57. The molecule has 2 aromatic carbocycles. The van der Waals surface area contributed by atoms with E-state index in [0.29, 0.717) is 0 Å². The van der Waals surface area contributed by atoms with Gasteiger partial charge in [0.2, 0.25) is 0 Å². The van der Waals surface area contributed by atoms with E-state index in [9.17, 15) is 0 Å². The second-order valence-corrected chi connectivity index (χ2v) is 7.68. The van der Waals surface area contributed by atoms with Gasteiger partial charge in [0, 0.05) is 15.6 Å². The molecule has 0 saturated heterocycles. The van der Waals surface area contributed by atoms with Crippen molar-refractivity contribution in [3.05, 3.63) is 78.6 Å². The first-order chi connectivity index (χ1) is 13.2. The third-order valence-corrected chi connectivity index (χ3v) is 6.35. The summed E-state index contributed by atoms with van der Waals surface area (Å²) >= 11 is 1.87. The van der Waals surface area contributed by atoms with Gasteiger partial charge in [-0.25, -0.2) is 0 Å². The fourth-order valence-electron chi connectivity index (χ4n) is 3.54. The summed E-state index contributed by atoms with van der Waals surface area (Å²) in [5, 5.41) is 0.248. The number of hydrogen-bond donors (Lipinski definition) is 0. The van der Waals surface area contributed by atoms with Gasteiger partial charge >= 0.3 is 0 Å². The van der Waals surface area contributed by atoms with E-state index in [1.165, 1.54) is 10.5 Å². The molecule has 0 aliphatic heterocycles. The summed E-state index contributed by atoms with van der Waals surface area (Å²) in [5.41, 5.74) is 1.01. The highest BCUT2D eigenvalue weighted by Crippen LogP contribution is 2.47. The maximum absolute atomic E-state index is 5.57. The van der Waals surface area contributed by atoms with Crippen molar-refractivity contribution in [2.24, 2.45) is 0 Å². The maximum Gasteiger partial charge on any atom is 0.161 e. The van der Waals surface area contributed by atoms with Gasteiger partial charge in [-0.2, -0.15) is 0 Å². The average molecular weight is 383 g/mol. The topological polar surface area (TPSA) is 27.7 Å². The molecule has 1 aliphatic carbocycles. The largest absolute Gasteiger partial charge is 0.505 e. The quantitative estimate of drug-likeness (QED) is 0.459. The third-order valence-electron chi connectivity index (χ3n) is 4.97. The van der Waals surface area contributed by atoms with E-state index in [1.807, 2.05) is 23.9 Å². The molecule has 0 spiro atoms. The van der Waals surface area contributed by atoms with Crippen LogP contribution in [0.4, 0.5) is 0 Å². The van der Waals surface area contributed by atoms with Crippen molar-refractivity contribution < 1.29 is 14.2 Å². The van der Waals surface area contributed by atoms with E-state index in [2.05, 4.69) is 54.6 Å². The molecule has 142 valence electrons. The molecule has 0 fully saturated rings. The zero-order valence-corrected chi connectivity index (χ0v) is 16.9. The molecule has 27 heavy (non-hydrogen) atoms. The predicted molar refractivity (Wildman–Crippen MR) is 112 cm³/mol. The summed E-state index contributed by atoms with van der Waals surface area (Å²) in [5.74, 6) is 1.49. The predicted octanol–water partition coefficient (Wildman–Crippen LogP) is 5.61. The molecule has 0 saturated carbocycles. The molecule has 3 nitrogen and oxygen atoms in total. The molecule has 0 aromatic heterocycles. The number of ether oxygens (including phenoxy) is 3. The van der Waals surface area contributed by atoms with Crippen LogP contribution in [-0.4, -0.2) is 26.6 Å². The Morgan fingerprint density at radius 1 is 1.00 bits per heavy atom. The van der Waals surface area contributed by atoms with Crippen LogP contribution in [0.25, 0.3) is 0 Å². The lowest BCUT2D eigenvalue weighted by atomic mass is 9.71. The lowest BCUT2D eigenvalue weighted by molar-refractivity contribution is 0.328. The second-order valence-electron chi connectivity index (χ2n) is 6.47. The highest BCUT2D eigenvalue weighted by atomic mass is 32.2. The van der Waals surface area contributed by atoms with Gasteiger partial charge in [0.25, 0.3) is 0 Å². The number of thioether (sulfide) groups is 1. The summed E-state index contributed by atoms with van der Waals surface area (Å²) in [6.45, 7) is 0. The van der Waals surface area contributed by atoms with Gasteiger partial charge in [-0.05, 0) is 48.7 Å². The van der Waals surface area contributed by atoms with Crippen molar-refractivity contribution in [2.75, 3.05) is 21.3 Å². The Labute approximate surface area is 166 Å². The molecule has 2 atom stereocenters. The van der Waals surface area contributed by atoms with Crippen LogP contribution in [0.5, 0.6) is 11.5 Å². The smallest absolute Gasteiger partial charge is 0.161 e. The molecule has 0 amide bonds. The van der Waals surface area contributed by atoms with Crippen molar-refractivity contribution >= 4 is 11.8 Å². The van der Waals surface area contributed by atoms with Crippen LogP contribution >= 0.6 is 11.8 Å². The van der Waals surface area contributed by atoms with Crippen molar-refractivity contribution in [1.29, 1.82) is 0 Å². The first-order valence-electron chi connectivity index (χ1n) is 9.05. The standard InChI is InChI=1S/C23H26O3S/c1-24-16-15-23(18-12-13-20(25-2)21(17-18)26-3)14-8-7-11-22(23)27-19-9-5-4-6-10-19/h4-7,9-13,15-17,22H,8,14H2,1-3H3/b16-15+/t22-,23-/m0/s1. The van der Waals surface area contributed by atoms with Crippen molar-refractivity contribution in [1.82, 2.24) is 0 Å². The second kappa shape index (κ2) is 9.05. The zero-order chi connectivity index (χ0) is 19.1. The summed E-state index contributed by atoms with van der Waals surface area (Å²) < 4.78 is 16.3. The SMILES string of the molecule is CO/C=C/[C@]1(c2ccc(OC)c(OC)c2)CCC=C[C@@H]1Sc1ccccc1. The molecule has 3 rings (SSSR count). The van der Waals surface area contributed by atoms with E-state index in [4.69, 9.17) is 14.2 Å². The zero-order valence-electron chi connectivity index (χ0n) is 16.1. The van der Waals surface area contributed by atoms with Gasteiger partial charge in [-0.3, -0.25) is 0 Å². The van der Waals surface area contributed by atoms with Crippen LogP contribution in [0.3, 0.4) is 0 Å². The van der Waals surface area contributed by atoms with Gasteiger partial charge in [0.15, 0.2) is 11.5 Å². The lowest BCUT2D eigenvalue weighted by Gasteiger charge is -2.39. The molecule has 1 aliphatic rings. The Kier molecular flexibility index (Phi) is 6.51. The van der Waals surface area contributed by atoms with Crippen LogP contribution in [-0.2, 0) is 10.2 Å².